The molecule has 4 rings (SSSR count). The Morgan fingerprint density at radius 2 is 1.68 bits per heavy atom. The molecule has 0 aliphatic carbocycles. The van der Waals surface area contributed by atoms with Crippen molar-refractivity contribution >= 4 is 40.0 Å². The highest BCUT2D eigenvalue weighted by Gasteiger charge is 2.12. The summed E-state index contributed by atoms with van der Waals surface area (Å²) >= 11 is 0. The molecule has 4 aromatic rings. The number of benzene rings is 2. The summed E-state index contributed by atoms with van der Waals surface area (Å²) in [5.74, 6) is 0.528. The largest absolute Gasteiger partial charge is 0.465 e. The molecule has 7 heteroatoms. The molecule has 0 saturated heterocycles. The number of pyridine rings is 1. The standard InChI is InChI=1S/C21H17N5O2/c1-28-20(27)15-8-2-3-9-16(15)25-21-23-13-11-18(26-21)24-17-10-4-6-14-7-5-12-22-19(14)17/h2-13H,1H3,(H2,23,24,25,26). The van der Waals surface area contributed by atoms with Crippen LogP contribution >= 0.6 is 0 Å². The Bertz CT molecular complexity index is 1140. The van der Waals surface area contributed by atoms with Gasteiger partial charge in [0.25, 0.3) is 0 Å². The van der Waals surface area contributed by atoms with Crippen LogP contribution in [-0.4, -0.2) is 28.0 Å². The fourth-order valence-electron chi connectivity index (χ4n) is 2.83. The number of hydrogen-bond donors (Lipinski definition) is 2. The molecule has 2 N–H and O–H groups in total. The van der Waals surface area contributed by atoms with Gasteiger partial charge in [-0.1, -0.05) is 30.3 Å². The molecular weight excluding hydrogens is 354 g/mol. The van der Waals surface area contributed by atoms with Gasteiger partial charge in [0.1, 0.15) is 5.82 Å². The van der Waals surface area contributed by atoms with Crippen molar-refractivity contribution in [1.29, 1.82) is 0 Å². The Morgan fingerprint density at radius 1 is 0.857 bits per heavy atom. The van der Waals surface area contributed by atoms with Crippen LogP contribution in [-0.2, 0) is 4.74 Å². The smallest absolute Gasteiger partial charge is 0.339 e. The van der Waals surface area contributed by atoms with Gasteiger partial charge in [0.15, 0.2) is 0 Å². The normalized spacial score (nSPS) is 10.5. The van der Waals surface area contributed by atoms with E-state index in [2.05, 4.69) is 25.6 Å². The van der Waals surface area contributed by atoms with Gasteiger partial charge in [-0.25, -0.2) is 9.78 Å². The molecule has 0 fully saturated rings. The number of esters is 1. The van der Waals surface area contributed by atoms with Gasteiger partial charge in [-0.05, 0) is 30.3 Å². The first kappa shape index (κ1) is 17.4. The highest BCUT2D eigenvalue weighted by atomic mass is 16.5. The molecule has 0 amide bonds. The van der Waals surface area contributed by atoms with Crippen LogP contribution < -0.4 is 10.6 Å². The van der Waals surface area contributed by atoms with Gasteiger partial charge in [-0.3, -0.25) is 4.98 Å². The third-order valence-electron chi connectivity index (χ3n) is 4.13. The van der Waals surface area contributed by atoms with Gasteiger partial charge in [-0.15, -0.1) is 0 Å². The zero-order valence-corrected chi connectivity index (χ0v) is 15.1. The fourth-order valence-corrected chi connectivity index (χ4v) is 2.83. The van der Waals surface area contributed by atoms with Crippen molar-refractivity contribution in [3.8, 4) is 0 Å². The number of fused-ring (bicyclic) bond motifs is 1. The van der Waals surface area contributed by atoms with Crippen LogP contribution in [0.4, 0.5) is 23.1 Å². The number of rotatable bonds is 5. The molecule has 28 heavy (non-hydrogen) atoms. The number of carbonyl (C=O) groups is 1. The molecule has 0 saturated carbocycles. The second-order valence-corrected chi connectivity index (χ2v) is 5.93. The fraction of sp³-hybridized carbons (Fsp3) is 0.0476. The summed E-state index contributed by atoms with van der Waals surface area (Å²) in [6.45, 7) is 0. The minimum atomic E-state index is -0.431. The quantitative estimate of drug-likeness (QED) is 0.506. The third-order valence-corrected chi connectivity index (χ3v) is 4.13. The Morgan fingerprint density at radius 3 is 2.57 bits per heavy atom. The Labute approximate surface area is 161 Å². The monoisotopic (exact) mass is 371 g/mol. The van der Waals surface area contributed by atoms with E-state index < -0.39 is 5.97 Å². The van der Waals surface area contributed by atoms with E-state index in [1.165, 1.54) is 7.11 Å². The van der Waals surface area contributed by atoms with Crippen molar-refractivity contribution in [3.05, 3.63) is 78.6 Å². The average Bonchev–Trinajstić information content (AvgIpc) is 2.74. The van der Waals surface area contributed by atoms with E-state index in [4.69, 9.17) is 4.74 Å². The SMILES string of the molecule is COC(=O)c1ccccc1Nc1nccc(Nc2cccc3cccnc23)n1. The van der Waals surface area contributed by atoms with Crippen molar-refractivity contribution in [3.63, 3.8) is 0 Å². The second kappa shape index (κ2) is 7.71. The molecule has 0 radical (unpaired) electrons. The predicted octanol–water partition coefficient (Wildman–Crippen LogP) is 4.30. The first-order chi connectivity index (χ1) is 13.7. The van der Waals surface area contributed by atoms with Crippen molar-refractivity contribution < 1.29 is 9.53 Å². The maximum Gasteiger partial charge on any atom is 0.339 e. The summed E-state index contributed by atoms with van der Waals surface area (Å²) in [6.07, 6.45) is 3.39. The Kier molecular flexibility index (Phi) is 4.79. The van der Waals surface area contributed by atoms with E-state index in [0.29, 0.717) is 23.0 Å². The molecule has 0 atom stereocenters. The van der Waals surface area contributed by atoms with Gasteiger partial charge in [0.05, 0.1) is 29.6 Å². The lowest BCUT2D eigenvalue weighted by molar-refractivity contribution is 0.0602. The van der Waals surface area contributed by atoms with E-state index in [1.807, 2.05) is 36.4 Å². The van der Waals surface area contributed by atoms with Gasteiger partial charge in [-0.2, -0.15) is 4.98 Å². The maximum absolute atomic E-state index is 11.9. The molecule has 0 aliphatic heterocycles. The molecule has 0 aliphatic rings. The summed E-state index contributed by atoms with van der Waals surface area (Å²) in [6, 6.07) is 18.6. The number of nitrogens with zero attached hydrogens (tertiary/aromatic N) is 3. The Hall–Kier alpha value is -4.00. The minimum absolute atomic E-state index is 0.356. The van der Waals surface area contributed by atoms with E-state index in [0.717, 1.165) is 16.6 Å². The Balaban J connectivity index is 1.62. The summed E-state index contributed by atoms with van der Waals surface area (Å²) < 4.78 is 4.82. The number of methoxy groups -OCH3 is 1. The van der Waals surface area contributed by atoms with Crippen LogP contribution in [0.15, 0.2) is 73.1 Å². The predicted molar refractivity (Wildman–Crippen MR) is 108 cm³/mol. The van der Waals surface area contributed by atoms with Crippen LogP contribution in [0.3, 0.4) is 0 Å². The van der Waals surface area contributed by atoms with Crippen molar-refractivity contribution in [1.82, 2.24) is 15.0 Å². The van der Waals surface area contributed by atoms with E-state index in [9.17, 15) is 4.79 Å². The van der Waals surface area contributed by atoms with Crippen LogP contribution in [0.5, 0.6) is 0 Å². The number of carbonyl (C=O) groups excluding carboxylic acids is 1. The number of para-hydroxylation sites is 2. The van der Waals surface area contributed by atoms with Crippen LogP contribution in [0.1, 0.15) is 10.4 Å². The summed E-state index contributed by atoms with van der Waals surface area (Å²) in [5.41, 5.74) is 2.68. The van der Waals surface area contributed by atoms with Crippen molar-refractivity contribution in [2.75, 3.05) is 17.7 Å². The molecule has 0 bridgehead atoms. The highest BCUT2D eigenvalue weighted by Crippen LogP contribution is 2.25. The second-order valence-electron chi connectivity index (χ2n) is 5.93. The molecule has 2 aromatic heterocycles. The van der Waals surface area contributed by atoms with Gasteiger partial charge in [0.2, 0.25) is 5.95 Å². The number of ether oxygens (including phenoxy) is 1. The summed E-state index contributed by atoms with van der Waals surface area (Å²) in [5, 5.41) is 7.38. The third kappa shape index (κ3) is 3.59. The topological polar surface area (TPSA) is 89.0 Å². The first-order valence-electron chi connectivity index (χ1n) is 8.63. The molecule has 7 nitrogen and oxygen atoms in total. The lowest BCUT2D eigenvalue weighted by Crippen LogP contribution is -2.07. The number of anilines is 4. The molecule has 2 heterocycles. The minimum Gasteiger partial charge on any atom is -0.465 e. The van der Waals surface area contributed by atoms with Crippen molar-refractivity contribution in [2.24, 2.45) is 0 Å². The molecule has 138 valence electrons. The maximum atomic E-state index is 11.9. The molecular formula is C21H17N5O2. The van der Waals surface area contributed by atoms with Gasteiger partial charge < -0.3 is 15.4 Å². The van der Waals surface area contributed by atoms with E-state index >= 15 is 0 Å². The van der Waals surface area contributed by atoms with Crippen LogP contribution in [0, 0.1) is 0 Å². The summed E-state index contributed by atoms with van der Waals surface area (Å²) in [7, 11) is 1.35. The van der Waals surface area contributed by atoms with Crippen LogP contribution in [0.25, 0.3) is 10.9 Å². The van der Waals surface area contributed by atoms with Crippen LogP contribution in [0.2, 0.25) is 0 Å². The van der Waals surface area contributed by atoms with E-state index in [-0.39, 0.29) is 0 Å². The molecule has 2 aromatic carbocycles. The zero-order valence-electron chi connectivity index (χ0n) is 15.1. The van der Waals surface area contributed by atoms with Gasteiger partial charge in [0, 0.05) is 17.8 Å². The number of aromatic nitrogens is 3. The first-order valence-corrected chi connectivity index (χ1v) is 8.63. The summed E-state index contributed by atoms with van der Waals surface area (Å²) in [4.78, 5) is 25.1. The van der Waals surface area contributed by atoms with E-state index in [1.54, 1.807) is 36.7 Å². The zero-order chi connectivity index (χ0) is 19.3. The number of hydrogen-bond acceptors (Lipinski definition) is 7. The highest BCUT2D eigenvalue weighted by molar-refractivity contribution is 5.96. The molecule has 0 unspecified atom stereocenters. The number of nitrogens with one attached hydrogen (secondary N) is 2. The van der Waals surface area contributed by atoms with Gasteiger partial charge >= 0.3 is 5.97 Å². The van der Waals surface area contributed by atoms with Crippen molar-refractivity contribution in [2.45, 2.75) is 0 Å². The molecule has 0 spiro atoms. The lowest BCUT2D eigenvalue weighted by Gasteiger charge is -2.11. The average molecular weight is 371 g/mol. The lowest BCUT2D eigenvalue weighted by atomic mass is 10.2.